The fourth-order valence-corrected chi connectivity index (χ4v) is 1.37. The van der Waals surface area contributed by atoms with Crippen LogP contribution in [0.3, 0.4) is 0 Å². The van der Waals surface area contributed by atoms with Gasteiger partial charge in [0, 0.05) is 19.0 Å². The number of hydrogen-bond donors (Lipinski definition) is 2. The number of carbonyl (C=O) groups is 1. The smallest absolute Gasteiger partial charge is 0.221 e. The maximum atomic E-state index is 11.3. The third-order valence-electron chi connectivity index (χ3n) is 2.43. The van der Waals surface area contributed by atoms with Crippen molar-refractivity contribution in [3.63, 3.8) is 0 Å². The third kappa shape index (κ3) is 7.33. The fourth-order valence-electron chi connectivity index (χ4n) is 1.37. The third-order valence-corrected chi connectivity index (χ3v) is 2.43. The summed E-state index contributed by atoms with van der Waals surface area (Å²) < 4.78 is 0. The molecule has 0 aromatic heterocycles. The van der Waals surface area contributed by atoms with Crippen LogP contribution in [0.2, 0.25) is 0 Å². The Morgan fingerprint density at radius 2 is 2.07 bits per heavy atom. The molecule has 0 radical (unpaired) electrons. The summed E-state index contributed by atoms with van der Waals surface area (Å²) in [5.74, 6) is 0.192. The Morgan fingerprint density at radius 1 is 1.33 bits per heavy atom. The minimum atomic E-state index is 0.192. The second kappa shape index (κ2) is 6.80. The predicted octanol–water partition coefficient (Wildman–Crippen LogP) is 0.196. The van der Waals surface area contributed by atoms with E-state index in [1.807, 2.05) is 0 Å². The summed E-state index contributed by atoms with van der Waals surface area (Å²) in [6.45, 7) is 2.89. The van der Waals surface area contributed by atoms with Crippen LogP contribution in [0.5, 0.6) is 0 Å². The molecule has 0 aromatic rings. The monoisotopic (exact) mass is 213 g/mol. The molecule has 0 aromatic carbocycles. The van der Waals surface area contributed by atoms with Crippen LogP contribution in [-0.2, 0) is 4.79 Å². The number of nitrogens with one attached hydrogen (secondary N) is 2. The highest BCUT2D eigenvalue weighted by molar-refractivity contribution is 5.76. The maximum absolute atomic E-state index is 11.3. The van der Waals surface area contributed by atoms with Gasteiger partial charge in [0.05, 0.1) is 0 Å². The summed E-state index contributed by atoms with van der Waals surface area (Å²) >= 11 is 0. The van der Waals surface area contributed by atoms with Gasteiger partial charge in [-0.25, -0.2) is 0 Å². The van der Waals surface area contributed by atoms with Crippen molar-refractivity contribution in [1.82, 2.24) is 15.5 Å². The minimum absolute atomic E-state index is 0.192. The SMILES string of the molecule is CN(C)CCCNCCC(=O)NC1CC1. The summed E-state index contributed by atoms with van der Waals surface area (Å²) in [5.41, 5.74) is 0. The van der Waals surface area contributed by atoms with Crippen LogP contribution in [-0.4, -0.2) is 50.6 Å². The second-order valence-electron chi connectivity index (χ2n) is 4.50. The lowest BCUT2D eigenvalue weighted by molar-refractivity contribution is -0.121. The van der Waals surface area contributed by atoms with Crippen molar-refractivity contribution >= 4 is 5.91 Å². The Morgan fingerprint density at radius 3 is 2.67 bits per heavy atom. The van der Waals surface area contributed by atoms with Crippen molar-refractivity contribution in [2.24, 2.45) is 0 Å². The molecule has 1 fully saturated rings. The molecule has 1 rings (SSSR count). The lowest BCUT2D eigenvalue weighted by Crippen LogP contribution is -2.30. The highest BCUT2D eigenvalue weighted by atomic mass is 16.1. The fraction of sp³-hybridized carbons (Fsp3) is 0.909. The Balaban J connectivity index is 1.81. The van der Waals surface area contributed by atoms with Gasteiger partial charge in [0.15, 0.2) is 0 Å². The standard InChI is InChI=1S/C11H23N3O/c1-14(2)9-3-7-12-8-6-11(15)13-10-4-5-10/h10,12H,3-9H2,1-2H3,(H,13,15). The van der Waals surface area contributed by atoms with Crippen LogP contribution in [0, 0.1) is 0 Å². The average molecular weight is 213 g/mol. The first-order valence-electron chi connectivity index (χ1n) is 5.83. The topological polar surface area (TPSA) is 44.4 Å². The van der Waals surface area contributed by atoms with E-state index in [2.05, 4.69) is 29.6 Å². The van der Waals surface area contributed by atoms with Crippen LogP contribution in [0.15, 0.2) is 0 Å². The molecule has 1 saturated carbocycles. The molecule has 1 amide bonds. The van der Waals surface area contributed by atoms with Crippen molar-refractivity contribution in [2.75, 3.05) is 33.7 Å². The van der Waals surface area contributed by atoms with Gasteiger partial charge in [-0.3, -0.25) is 4.79 Å². The quantitative estimate of drug-likeness (QED) is 0.566. The van der Waals surface area contributed by atoms with E-state index in [9.17, 15) is 4.79 Å². The van der Waals surface area contributed by atoms with Crippen LogP contribution >= 0.6 is 0 Å². The Bertz CT molecular complexity index is 190. The van der Waals surface area contributed by atoms with Crippen molar-refractivity contribution in [3.8, 4) is 0 Å². The van der Waals surface area contributed by atoms with Gasteiger partial charge in [-0.15, -0.1) is 0 Å². The zero-order valence-electron chi connectivity index (χ0n) is 9.88. The molecule has 0 aliphatic heterocycles. The van der Waals surface area contributed by atoms with Crippen molar-refractivity contribution in [3.05, 3.63) is 0 Å². The molecular weight excluding hydrogens is 190 g/mol. The molecule has 88 valence electrons. The highest BCUT2D eigenvalue weighted by Crippen LogP contribution is 2.18. The summed E-state index contributed by atoms with van der Waals surface area (Å²) in [7, 11) is 4.15. The first-order valence-corrected chi connectivity index (χ1v) is 5.83. The van der Waals surface area contributed by atoms with Crippen LogP contribution < -0.4 is 10.6 Å². The van der Waals surface area contributed by atoms with Gasteiger partial charge in [0.1, 0.15) is 0 Å². The summed E-state index contributed by atoms with van der Waals surface area (Å²) in [5, 5.41) is 6.25. The van der Waals surface area contributed by atoms with E-state index in [4.69, 9.17) is 0 Å². The first-order chi connectivity index (χ1) is 7.18. The molecule has 1 aliphatic rings. The molecule has 0 bridgehead atoms. The average Bonchev–Trinajstić information content (AvgIpc) is 2.94. The Labute approximate surface area is 92.4 Å². The van der Waals surface area contributed by atoms with Crippen LogP contribution in [0.4, 0.5) is 0 Å². The Hall–Kier alpha value is -0.610. The molecule has 4 heteroatoms. The maximum Gasteiger partial charge on any atom is 0.221 e. The lowest BCUT2D eigenvalue weighted by atomic mass is 10.3. The number of amides is 1. The molecule has 0 atom stereocenters. The van der Waals surface area contributed by atoms with Crippen molar-refractivity contribution in [1.29, 1.82) is 0 Å². The van der Waals surface area contributed by atoms with Crippen LogP contribution in [0.25, 0.3) is 0 Å². The zero-order valence-corrected chi connectivity index (χ0v) is 9.88. The zero-order chi connectivity index (χ0) is 11.1. The van der Waals surface area contributed by atoms with E-state index >= 15 is 0 Å². The van der Waals surface area contributed by atoms with E-state index < -0.39 is 0 Å². The molecule has 1 aliphatic carbocycles. The normalized spacial score (nSPS) is 15.7. The van der Waals surface area contributed by atoms with E-state index in [0.717, 1.165) is 26.1 Å². The number of carbonyl (C=O) groups excluding carboxylic acids is 1. The van der Waals surface area contributed by atoms with Crippen LogP contribution in [0.1, 0.15) is 25.7 Å². The molecule has 0 saturated heterocycles. The van der Waals surface area contributed by atoms with Gasteiger partial charge < -0.3 is 15.5 Å². The van der Waals surface area contributed by atoms with Gasteiger partial charge in [-0.1, -0.05) is 0 Å². The van der Waals surface area contributed by atoms with Crippen molar-refractivity contribution < 1.29 is 4.79 Å². The minimum Gasteiger partial charge on any atom is -0.353 e. The van der Waals surface area contributed by atoms with E-state index in [0.29, 0.717) is 12.5 Å². The first kappa shape index (κ1) is 12.5. The van der Waals surface area contributed by atoms with Gasteiger partial charge in [0.25, 0.3) is 0 Å². The molecule has 15 heavy (non-hydrogen) atoms. The highest BCUT2D eigenvalue weighted by Gasteiger charge is 2.22. The van der Waals surface area contributed by atoms with Gasteiger partial charge in [0.2, 0.25) is 5.91 Å². The molecule has 0 heterocycles. The number of nitrogens with zero attached hydrogens (tertiary/aromatic N) is 1. The molecule has 4 nitrogen and oxygen atoms in total. The molecule has 2 N–H and O–H groups in total. The second-order valence-corrected chi connectivity index (χ2v) is 4.50. The Kier molecular flexibility index (Phi) is 5.65. The van der Waals surface area contributed by atoms with Gasteiger partial charge in [-0.2, -0.15) is 0 Å². The predicted molar refractivity (Wildman–Crippen MR) is 61.8 cm³/mol. The molecular formula is C11H23N3O. The summed E-state index contributed by atoms with van der Waals surface area (Å²) in [6.07, 6.45) is 4.08. The summed E-state index contributed by atoms with van der Waals surface area (Å²) in [4.78, 5) is 13.4. The molecule has 0 unspecified atom stereocenters. The summed E-state index contributed by atoms with van der Waals surface area (Å²) in [6, 6.07) is 0.492. The van der Waals surface area contributed by atoms with E-state index in [1.54, 1.807) is 0 Å². The van der Waals surface area contributed by atoms with Gasteiger partial charge in [-0.05, 0) is 46.4 Å². The lowest BCUT2D eigenvalue weighted by Gasteiger charge is -2.09. The van der Waals surface area contributed by atoms with E-state index in [1.165, 1.54) is 12.8 Å². The van der Waals surface area contributed by atoms with Gasteiger partial charge >= 0.3 is 0 Å². The van der Waals surface area contributed by atoms with E-state index in [-0.39, 0.29) is 5.91 Å². The molecule has 0 spiro atoms. The number of rotatable bonds is 8. The van der Waals surface area contributed by atoms with Crippen molar-refractivity contribution in [2.45, 2.75) is 31.7 Å². The number of hydrogen-bond acceptors (Lipinski definition) is 3. The largest absolute Gasteiger partial charge is 0.353 e.